The Bertz CT molecular complexity index is 1230. The van der Waals surface area contributed by atoms with Crippen LogP contribution in [-0.2, 0) is 19.4 Å². The van der Waals surface area contributed by atoms with Gasteiger partial charge in [-0.05, 0) is 67.5 Å². The largest absolute Gasteiger partial charge is 0.390 e. The number of benzene rings is 2. The number of carbonyl (C=O) groups is 1. The predicted octanol–water partition coefficient (Wildman–Crippen LogP) is 4.74. The summed E-state index contributed by atoms with van der Waals surface area (Å²) < 4.78 is 27.9. The van der Waals surface area contributed by atoms with Gasteiger partial charge in [-0.3, -0.25) is 4.79 Å². The van der Waals surface area contributed by atoms with Gasteiger partial charge < -0.3 is 20.6 Å². The second-order valence-corrected chi connectivity index (χ2v) is 10.1. The molecule has 0 bridgehead atoms. The molecule has 2 aromatic carbocycles. The monoisotopic (exact) mass is 553 g/mol. The molecule has 3 aromatic rings. The van der Waals surface area contributed by atoms with Crippen LogP contribution in [0.2, 0.25) is 0 Å². The quantitative estimate of drug-likeness (QED) is 0.252. The number of hydrogen-bond acceptors (Lipinski definition) is 6. The van der Waals surface area contributed by atoms with Crippen LogP contribution >= 0.6 is 0 Å². The highest BCUT2D eigenvalue weighted by Crippen LogP contribution is 2.15. The van der Waals surface area contributed by atoms with Gasteiger partial charge in [-0.25, -0.2) is 18.7 Å². The molecule has 0 radical (unpaired) electrons. The summed E-state index contributed by atoms with van der Waals surface area (Å²) in [6.07, 6.45) is 1.74. The van der Waals surface area contributed by atoms with Gasteiger partial charge in [-0.2, -0.15) is 0 Å². The van der Waals surface area contributed by atoms with Gasteiger partial charge >= 0.3 is 0 Å². The highest BCUT2D eigenvalue weighted by atomic mass is 19.1. The van der Waals surface area contributed by atoms with Crippen molar-refractivity contribution >= 4 is 11.9 Å². The predicted molar refractivity (Wildman–Crippen MR) is 154 cm³/mol. The van der Waals surface area contributed by atoms with E-state index in [-0.39, 0.29) is 18.7 Å². The molecule has 0 saturated carbocycles. The standard InChI is InChI=1S/C31H41F2N5O2/c1-5-11-38(12-6-2)31-35-21(4)13-28(37-31)30(40)36-27(17-24-15-25(32)18-26(33)16-24)29(39)20-34-19-23-10-8-9-22(7-3)14-23/h8-10,13-16,18,27,29,34,39H,5-7,11-12,17,19-20H2,1-4H3,(H,36,40)/t27-,29-/m0/s1. The molecule has 0 fully saturated rings. The molecule has 216 valence electrons. The van der Waals surface area contributed by atoms with E-state index in [9.17, 15) is 18.7 Å². The number of aliphatic hydroxyl groups excluding tert-OH is 1. The Kier molecular flexibility index (Phi) is 12.0. The van der Waals surface area contributed by atoms with E-state index in [1.807, 2.05) is 17.0 Å². The van der Waals surface area contributed by atoms with Gasteiger partial charge in [0.15, 0.2) is 0 Å². The SMILES string of the molecule is CCCN(CCC)c1nc(C)cc(C(=O)N[C@@H](Cc2cc(F)cc(F)c2)[C@@H](O)CNCc2cccc(CC)c2)n1. The highest BCUT2D eigenvalue weighted by molar-refractivity contribution is 5.93. The van der Waals surface area contributed by atoms with Crippen LogP contribution in [0.15, 0.2) is 48.5 Å². The lowest BCUT2D eigenvalue weighted by Crippen LogP contribution is -2.49. The Balaban J connectivity index is 1.79. The fraction of sp³-hybridized carbons (Fsp3) is 0.452. The second-order valence-electron chi connectivity index (χ2n) is 10.1. The number of nitrogens with zero attached hydrogens (tertiary/aromatic N) is 3. The van der Waals surface area contributed by atoms with Gasteiger partial charge in [-0.1, -0.05) is 45.0 Å². The van der Waals surface area contributed by atoms with E-state index < -0.39 is 29.7 Å². The van der Waals surface area contributed by atoms with Crippen LogP contribution in [0, 0.1) is 18.6 Å². The van der Waals surface area contributed by atoms with Crippen LogP contribution in [0.5, 0.6) is 0 Å². The van der Waals surface area contributed by atoms with Crippen LogP contribution < -0.4 is 15.5 Å². The van der Waals surface area contributed by atoms with Crippen molar-refractivity contribution in [1.82, 2.24) is 20.6 Å². The van der Waals surface area contributed by atoms with Crippen LogP contribution in [0.3, 0.4) is 0 Å². The maximum absolute atomic E-state index is 13.9. The molecule has 0 aliphatic rings. The maximum atomic E-state index is 13.9. The van der Waals surface area contributed by atoms with E-state index in [0.717, 1.165) is 44.0 Å². The lowest BCUT2D eigenvalue weighted by atomic mass is 10.00. The lowest BCUT2D eigenvalue weighted by molar-refractivity contribution is 0.0825. The van der Waals surface area contributed by atoms with Crippen molar-refractivity contribution < 1.29 is 18.7 Å². The van der Waals surface area contributed by atoms with E-state index in [1.165, 1.54) is 17.7 Å². The number of rotatable bonds is 15. The summed E-state index contributed by atoms with van der Waals surface area (Å²) in [5.41, 5.74) is 3.44. The molecular weight excluding hydrogens is 512 g/mol. The van der Waals surface area contributed by atoms with Crippen molar-refractivity contribution in [2.24, 2.45) is 0 Å². The van der Waals surface area contributed by atoms with Gasteiger partial charge in [0, 0.05) is 37.9 Å². The van der Waals surface area contributed by atoms with E-state index in [2.05, 4.69) is 53.5 Å². The van der Waals surface area contributed by atoms with Crippen LogP contribution in [0.25, 0.3) is 0 Å². The molecule has 9 heteroatoms. The van der Waals surface area contributed by atoms with Crippen LogP contribution in [0.1, 0.15) is 66.5 Å². The lowest BCUT2D eigenvalue weighted by Gasteiger charge is -2.25. The van der Waals surface area contributed by atoms with Gasteiger partial charge in [0.2, 0.25) is 5.95 Å². The molecule has 0 aliphatic carbocycles. The third-order valence-electron chi connectivity index (χ3n) is 6.59. The first kappa shape index (κ1) is 31.1. The van der Waals surface area contributed by atoms with E-state index >= 15 is 0 Å². The van der Waals surface area contributed by atoms with Crippen molar-refractivity contribution in [2.75, 3.05) is 24.5 Å². The molecule has 0 unspecified atom stereocenters. The first-order chi connectivity index (χ1) is 19.2. The number of hydrogen-bond donors (Lipinski definition) is 3. The van der Waals surface area contributed by atoms with E-state index in [1.54, 1.807) is 13.0 Å². The average Bonchev–Trinajstić information content (AvgIpc) is 2.91. The summed E-state index contributed by atoms with van der Waals surface area (Å²) in [5, 5.41) is 17.2. The fourth-order valence-electron chi connectivity index (χ4n) is 4.64. The zero-order valence-electron chi connectivity index (χ0n) is 23.9. The number of anilines is 1. The summed E-state index contributed by atoms with van der Waals surface area (Å²) in [7, 11) is 0. The normalized spacial score (nSPS) is 12.7. The molecule has 2 atom stereocenters. The minimum absolute atomic E-state index is 0.0311. The summed E-state index contributed by atoms with van der Waals surface area (Å²) in [6.45, 7) is 10.2. The Morgan fingerprint density at radius 3 is 2.27 bits per heavy atom. The maximum Gasteiger partial charge on any atom is 0.270 e. The van der Waals surface area contributed by atoms with Gasteiger partial charge in [0.05, 0.1) is 12.1 Å². The van der Waals surface area contributed by atoms with E-state index in [4.69, 9.17) is 0 Å². The number of carbonyl (C=O) groups excluding carboxylic acids is 1. The molecule has 1 aromatic heterocycles. The average molecular weight is 554 g/mol. The minimum atomic E-state index is -1.04. The number of aromatic nitrogens is 2. The fourth-order valence-corrected chi connectivity index (χ4v) is 4.64. The van der Waals surface area contributed by atoms with Crippen molar-refractivity contribution in [3.05, 3.63) is 88.2 Å². The summed E-state index contributed by atoms with van der Waals surface area (Å²) in [5.74, 6) is -1.44. The molecule has 1 amide bonds. The number of halogens is 2. The number of aryl methyl sites for hydroxylation is 2. The highest BCUT2D eigenvalue weighted by Gasteiger charge is 2.24. The molecule has 0 spiro atoms. The van der Waals surface area contributed by atoms with Crippen molar-refractivity contribution in [3.63, 3.8) is 0 Å². The van der Waals surface area contributed by atoms with Gasteiger partial charge in [0.1, 0.15) is 17.3 Å². The zero-order valence-corrected chi connectivity index (χ0v) is 23.9. The number of aliphatic hydroxyl groups is 1. The topological polar surface area (TPSA) is 90.4 Å². The second kappa shape index (κ2) is 15.4. The first-order valence-electron chi connectivity index (χ1n) is 14.0. The molecule has 1 heterocycles. The molecule has 0 aliphatic heterocycles. The Morgan fingerprint density at radius 1 is 0.950 bits per heavy atom. The third kappa shape index (κ3) is 9.34. The van der Waals surface area contributed by atoms with Crippen molar-refractivity contribution in [2.45, 2.75) is 72.1 Å². The van der Waals surface area contributed by atoms with E-state index in [0.29, 0.717) is 23.8 Å². The number of nitrogens with one attached hydrogen (secondary N) is 2. The summed E-state index contributed by atoms with van der Waals surface area (Å²) in [4.78, 5) is 24.5. The molecule has 7 nitrogen and oxygen atoms in total. The van der Waals surface area contributed by atoms with Crippen molar-refractivity contribution in [3.8, 4) is 0 Å². The Labute approximate surface area is 236 Å². The molecule has 3 rings (SSSR count). The molecule has 40 heavy (non-hydrogen) atoms. The van der Waals surface area contributed by atoms with Crippen molar-refractivity contribution in [1.29, 1.82) is 0 Å². The van der Waals surface area contributed by atoms with Gasteiger partial charge in [0.25, 0.3) is 5.91 Å². The smallest absolute Gasteiger partial charge is 0.270 e. The Hall–Kier alpha value is -3.43. The van der Waals surface area contributed by atoms with Gasteiger partial charge in [-0.15, -0.1) is 0 Å². The molecule has 3 N–H and O–H groups in total. The third-order valence-corrected chi connectivity index (χ3v) is 6.59. The van der Waals surface area contributed by atoms with Crippen LogP contribution in [0.4, 0.5) is 14.7 Å². The minimum Gasteiger partial charge on any atom is -0.390 e. The zero-order chi connectivity index (χ0) is 29.1. The molecular formula is C31H41F2N5O2. The Morgan fingerprint density at radius 2 is 1.62 bits per heavy atom. The number of amides is 1. The first-order valence-corrected chi connectivity index (χ1v) is 14.0. The van der Waals surface area contributed by atoms with Crippen LogP contribution in [-0.4, -0.2) is 52.8 Å². The molecule has 0 saturated heterocycles. The summed E-state index contributed by atoms with van der Waals surface area (Å²) >= 11 is 0. The summed E-state index contributed by atoms with van der Waals surface area (Å²) in [6, 6.07) is 12.1.